The van der Waals surface area contributed by atoms with Crippen molar-refractivity contribution in [1.29, 1.82) is 0 Å². The number of nitrogens with one attached hydrogen (secondary N) is 2. The number of nitrogens with zero attached hydrogens (tertiary/aromatic N) is 1. The zero-order chi connectivity index (χ0) is 34.0. The Hall–Kier alpha value is -0.770. The Morgan fingerprint density at radius 1 is 1.02 bits per heavy atom. The fourth-order valence-electron chi connectivity index (χ4n) is 12.1. The molecule has 0 aromatic heterocycles. The van der Waals surface area contributed by atoms with Crippen LogP contribution in [0.25, 0.3) is 0 Å². The summed E-state index contributed by atoms with van der Waals surface area (Å²) in [7, 11) is 1.88. The average molecular weight is 674 g/mol. The molecule has 0 spiro atoms. The molecular weight excluding hydrogens is 602 g/mol. The van der Waals surface area contributed by atoms with Gasteiger partial charge in [-0.3, -0.25) is 9.63 Å². The highest BCUT2D eigenvalue weighted by Gasteiger charge is 2.57. The number of amides is 1. The molecule has 7 aliphatic rings. The van der Waals surface area contributed by atoms with Gasteiger partial charge in [-0.1, -0.05) is 65.7 Å². The highest BCUT2D eigenvalue weighted by atomic mass is 16.7. The second kappa shape index (κ2) is 16.3. The number of fused-ring (bicyclic) bond motifs is 2. The lowest BCUT2D eigenvalue weighted by Gasteiger charge is -2.62. The zero-order valence-corrected chi connectivity index (χ0v) is 31.1. The molecular formula is C40H71N3O5. The number of rotatable bonds is 13. The maximum atomic E-state index is 14.2. The SMILES string of the molecule is COC1C(CN2O[C@@H](CO)[C@H]([C@H](C)O)[C@H]2C(=O)N[C@H]2CC3C[C@@H]([C@@H]2C)C3(C)C)CCCC1C1CCCC(NCCCC2CCCCC2)C1. The predicted molar refractivity (Wildman–Crippen MR) is 190 cm³/mol. The summed E-state index contributed by atoms with van der Waals surface area (Å²) in [5.41, 5.74) is 0.350. The van der Waals surface area contributed by atoms with E-state index in [9.17, 15) is 15.0 Å². The second-order valence-corrected chi connectivity index (χ2v) is 18.0. The van der Waals surface area contributed by atoms with Gasteiger partial charge in [-0.2, -0.15) is 5.06 Å². The van der Waals surface area contributed by atoms with Gasteiger partial charge in [-0.15, -0.1) is 0 Å². The Balaban J connectivity index is 1.07. The molecule has 6 unspecified atom stereocenters. The summed E-state index contributed by atoms with van der Waals surface area (Å²) in [6, 6.07) is 0.124. The Labute approximate surface area is 292 Å². The first kappa shape index (κ1) is 37.0. The quantitative estimate of drug-likeness (QED) is 0.176. The van der Waals surface area contributed by atoms with Crippen LogP contribution in [0.3, 0.4) is 0 Å². The van der Waals surface area contributed by atoms with Crippen LogP contribution >= 0.6 is 0 Å². The Morgan fingerprint density at radius 2 is 1.79 bits per heavy atom. The van der Waals surface area contributed by atoms with Gasteiger partial charge in [0.05, 0.1) is 18.8 Å². The van der Waals surface area contributed by atoms with Crippen LogP contribution in [0.4, 0.5) is 0 Å². The third-order valence-corrected chi connectivity index (χ3v) is 15.0. The number of hydrogen-bond donors (Lipinski definition) is 4. The average Bonchev–Trinajstić information content (AvgIpc) is 3.46. The van der Waals surface area contributed by atoms with E-state index in [1.165, 1.54) is 83.5 Å². The van der Waals surface area contributed by atoms with Crippen LogP contribution < -0.4 is 10.6 Å². The Kier molecular flexibility index (Phi) is 12.5. The first-order chi connectivity index (χ1) is 23.1. The van der Waals surface area contributed by atoms with Crippen molar-refractivity contribution in [1.82, 2.24) is 15.7 Å². The van der Waals surface area contributed by atoms with Crippen LogP contribution in [0.15, 0.2) is 0 Å². The van der Waals surface area contributed by atoms with Gasteiger partial charge in [-0.05, 0) is 112 Å². The smallest absolute Gasteiger partial charge is 0.240 e. The highest BCUT2D eigenvalue weighted by molar-refractivity contribution is 5.82. The van der Waals surface area contributed by atoms with Gasteiger partial charge in [0.15, 0.2) is 0 Å². The van der Waals surface area contributed by atoms with Gasteiger partial charge in [-0.25, -0.2) is 0 Å². The summed E-state index contributed by atoms with van der Waals surface area (Å²) in [6.07, 6.45) is 19.4. The summed E-state index contributed by atoms with van der Waals surface area (Å²) in [6.45, 7) is 10.3. The van der Waals surface area contributed by atoms with E-state index in [1.807, 2.05) is 12.2 Å². The number of ether oxygens (including phenoxy) is 1. The molecule has 6 saturated carbocycles. The minimum atomic E-state index is -0.773. The Morgan fingerprint density at radius 3 is 2.48 bits per heavy atom. The van der Waals surface area contributed by atoms with E-state index < -0.39 is 24.2 Å². The first-order valence-electron chi connectivity index (χ1n) is 20.4. The van der Waals surface area contributed by atoms with Crippen molar-refractivity contribution in [2.24, 2.45) is 52.8 Å². The molecule has 276 valence electrons. The van der Waals surface area contributed by atoms with Crippen molar-refractivity contribution in [2.75, 3.05) is 26.8 Å². The van der Waals surface area contributed by atoms with Gasteiger partial charge >= 0.3 is 0 Å². The van der Waals surface area contributed by atoms with Crippen LogP contribution in [-0.4, -0.2) is 84.4 Å². The van der Waals surface area contributed by atoms with Crippen molar-refractivity contribution in [2.45, 2.75) is 167 Å². The summed E-state index contributed by atoms with van der Waals surface area (Å²) in [5.74, 6) is 3.53. The molecule has 0 aromatic rings. The van der Waals surface area contributed by atoms with Gasteiger partial charge in [0.1, 0.15) is 12.1 Å². The van der Waals surface area contributed by atoms with Gasteiger partial charge < -0.3 is 25.6 Å². The Bertz CT molecular complexity index is 1030. The number of aliphatic hydroxyl groups excluding tert-OH is 2. The molecule has 48 heavy (non-hydrogen) atoms. The lowest BCUT2D eigenvalue weighted by molar-refractivity contribution is -0.193. The summed E-state index contributed by atoms with van der Waals surface area (Å²) in [5, 5.41) is 30.5. The van der Waals surface area contributed by atoms with Crippen LogP contribution in [0.5, 0.6) is 0 Å². The molecule has 2 bridgehead atoms. The van der Waals surface area contributed by atoms with Gasteiger partial charge in [0.2, 0.25) is 5.91 Å². The maximum absolute atomic E-state index is 14.2. The molecule has 1 aliphatic heterocycles. The molecule has 1 heterocycles. The normalized spacial score (nSPS) is 42.6. The predicted octanol–water partition coefficient (Wildman–Crippen LogP) is 6.09. The number of aliphatic hydroxyl groups is 2. The second-order valence-electron chi connectivity index (χ2n) is 18.0. The molecule has 7 fully saturated rings. The van der Waals surface area contributed by atoms with Crippen LogP contribution in [0.2, 0.25) is 0 Å². The van der Waals surface area contributed by atoms with Gasteiger partial charge in [0, 0.05) is 37.6 Å². The summed E-state index contributed by atoms with van der Waals surface area (Å²) in [4.78, 5) is 20.6. The molecule has 0 aromatic carbocycles. The highest BCUT2D eigenvalue weighted by Crippen LogP contribution is 2.61. The molecule has 6 aliphatic carbocycles. The van der Waals surface area contributed by atoms with Crippen molar-refractivity contribution < 1.29 is 24.6 Å². The number of hydroxylamine groups is 2. The van der Waals surface area contributed by atoms with Gasteiger partial charge in [0.25, 0.3) is 0 Å². The van der Waals surface area contributed by atoms with Crippen molar-refractivity contribution in [3.63, 3.8) is 0 Å². The largest absolute Gasteiger partial charge is 0.394 e. The van der Waals surface area contributed by atoms with E-state index in [4.69, 9.17) is 9.57 Å². The fourth-order valence-corrected chi connectivity index (χ4v) is 12.1. The molecule has 13 atom stereocenters. The zero-order valence-electron chi connectivity index (χ0n) is 31.1. The molecule has 7 rings (SSSR count). The standard InChI is InChI=1S/C40H71N3O5/c1-25-33-21-30(40(33,3)4)22-34(25)42-39(46)37-36(26(2)45)35(24-44)48-43(37)23-29-16-10-18-32(38(29)47-5)28-15-9-17-31(20-28)41-19-11-14-27-12-7-6-8-13-27/h25-38,41,44-45H,6-24H2,1-5H3,(H,42,46)/t25-,26-,28?,29?,30?,31?,32?,33-,34-,35-,36-,37-,38?/m0/s1. The van der Waals surface area contributed by atoms with Crippen molar-refractivity contribution in [3.8, 4) is 0 Å². The van der Waals surface area contributed by atoms with E-state index >= 15 is 0 Å². The van der Waals surface area contributed by atoms with Crippen LogP contribution in [0, 0.1) is 52.8 Å². The number of carbonyl (C=O) groups excluding carboxylic acids is 1. The molecule has 8 nitrogen and oxygen atoms in total. The monoisotopic (exact) mass is 674 g/mol. The van der Waals surface area contributed by atoms with E-state index in [0.29, 0.717) is 47.6 Å². The summed E-state index contributed by atoms with van der Waals surface area (Å²) >= 11 is 0. The number of carbonyl (C=O) groups is 1. The van der Waals surface area contributed by atoms with E-state index in [-0.39, 0.29) is 30.6 Å². The lowest BCUT2D eigenvalue weighted by atomic mass is 9.45. The number of hydrogen-bond acceptors (Lipinski definition) is 7. The third kappa shape index (κ3) is 7.84. The van der Waals surface area contributed by atoms with E-state index in [0.717, 1.165) is 31.7 Å². The molecule has 1 saturated heterocycles. The third-order valence-electron chi connectivity index (χ3n) is 15.0. The van der Waals surface area contributed by atoms with Crippen LogP contribution in [0.1, 0.15) is 130 Å². The topological polar surface area (TPSA) is 103 Å². The summed E-state index contributed by atoms with van der Waals surface area (Å²) < 4.78 is 6.37. The van der Waals surface area contributed by atoms with Crippen LogP contribution in [-0.2, 0) is 14.4 Å². The minimum Gasteiger partial charge on any atom is -0.394 e. The first-order valence-corrected chi connectivity index (χ1v) is 20.4. The number of methoxy groups -OCH3 is 1. The maximum Gasteiger partial charge on any atom is 0.240 e. The van der Waals surface area contributed by atoms with Crippen molar-refractivity contribution in [3.05, 3.63) is 0 Å². The fraction of sp³-hybridized carbons (Fsp3) is 0.975. The minimum absolute atomic E-state index is 0.0567. The van der Waals surface area contributed by atoms with E-state index in [1.54, 1.807) is 6.92 Å². The van der Waals surface area contributed by atoms with Crippen molar-refractivity contribution >= 4 is 5.91 Å². The molecule has 8 heteroatoms. The molecule has 0 radical (unpaired) electrons. The molecule has 1 amide bonds. The lowest BCUT2D eigenvalue weighted by Crippen LogP contribution is -2.62. The molecule has 4 N–H and O–H groups in total. The van der Waals surface area contributed by atoms with E-state index in [2.05, 4.69) is 31.4 Å².